The van der Waals surface area contributed by atoms with Gasteiger partial charge in [0.25, 0.3) is 0 Å². The third kappa shape index (κ3) is 5.37. The van der Waals surface area contributed by atoms with Crippen molar-refractivity contribution in [2.75, 3.05) is 13.1 Å². The average Bonchev–Trinajstić information content (AvgIpc) is 2.94. The minimum Gasteiger partial charge on any atom is -0.329 e. The number of unbranched alkanes of at least 4 members (excludes halogenated alkanes) is 3. The first-order valence-corrected chi connectivity index (χ1v) is 9.00. The van der Waals surface area contributed by atoms with E-state index in [-0.39, 0.29) is 5.54 Å². The Hall–Kier alpha value is -0.0800. The number of rotatable bonds is 10. The standard InChI is InChI=1S/C18H38N2/c1-5-6-7-10-13-18(4,15-19)20(14-16(2)3)17-11-8-9-12-17/h16-17H,5-15,19H2,1-4H3. The lowest BCUT2D eigenvalue weighted by molar-refractivity contribution is 0.0421. The number of nitrogens with two attached hydrogens (primary N) is 1. The van der Waals surface area contributed by atoms with Crippen LogP contribution < -0.4 is 5.73 Å². The van der Waals surface area contributed by atoms with E-state index >= 15 is 0 Å². The van der Waals surface area contributed by atoms with Gasteiger partial charge in [0.15, 0.2) is 0 Å². The zero-order chi connectivity index (χ0) is 15.0. The van der Waals surface area contributed by atoms with Gasteiger partial charge in [0.1, 0.15) is 0 Å². The highest BCUT2D eigenvalue weighted by Gasteiger charge is 2.36. The van der Waals surface area contributed by atoms with Crippen LogP contribution in [0.15, 0.2) is 0 Å². The van der Waals surface area contributed by atoms with Crippen LogP contribution in [0.2, 0.25) is 0 Å². The highest BCUT2D eigenvalue weighted by atomic mass is 15.2. The quantitative estimate of drug-likeness (QED) is 0.594. The predicted octanol–water partition coefficient (Wildman–Crippen LogP) is 4.57. The van der Waals surface area contributed by atoms with Crippen molar-refractivity contribution >= 4 is 0 Å². The Morgan fingerprint density at radius 3 is 2.30 bits per heavy atom. The van der Waals surface area contributed by atoms with Gasteiger partial charge in [-0.1, -0.05) is 59.3 Å². The van der Waals surface area contributed by atoms with Gasteiger partial charge in [-0.25, -0.2) is 0 Å². The fraction of sp³-hybridized carbons (Fsp3) is 1.00. The van der Waals surface area contributed by atoms with Crippen molar-refractivity contribution in [2.45, 2.75) is 97.1 Å². The summed E-state index contributed by atoms with van der Waals surface area (Å²) in [5.41, 5.74) is 6.44. The third-order valence-corrected chi connectivity index (χ3v) is 5.03. The van der Waals surface area contributed by atoms with Crippen LogP contribution in [0.25, 0.3) is 0 Å². The lowest BCUT2D eigenvalue weighted by atomic mass is 9.89. The van der Waals surface area contributed by atoms with Crippen molar-refractivity contribution in [3.8, 4) is 0 Å². The molecule has 2 heteroatoms. The van der Waals surface area contributed by atoms with E-state index in [9.17, 15) is 0 Å². The van der Waals surface area contributed by atoms with Gasteiger partial charge in [0.2, 0.25) is 0 Å². The second-order valence-corrected chi connectivity index (χ2v) is 7.50. The molecule has 1 aliphatic carbocycles. The molecule has 0 heterocycles. The lowest BCUT2D eigenvalue weighted by Crippen LogP contribution is -2.56. The van der Waals surface area contributed by atoms with Gasteiger partial charge in [-0.3, -0.25) is 4.90 Å². The summed E-state index contributed by atoms with van der Waals surface area (Å²) in [6.45, 7) is 11.4. The Morgan fingerprint density at radius 2 is 1.80 bits per heavy atom. The highest BCUT2D eigenvalue weighted by Crippen LogP contribution is 2.32. The Kier molecular flexibility index (Phi) is 8.13. The van der Waals surface area contributed by atoms with Crippen molar-refractivity contribution in [3.63, 3.8) is 0 Å². The van der Waals surface area contributed by atoms with E-state index in [0.717, 1.165) is 18.5 Å². The molecule has 2 nitrogen and oxygen atoms in total. The molecule has 0 aromatic rings. The van der Waals surface area contributed by atoms with Crippen LogP contribution in [0.1, 0.15) is 85.5 Å². The summed E-state index contributed by atoms with van der Waals surface area (Å²) in [6.07, 6.45) is 12.3. The molecule has 1 unspecified atom stereocenters. The molecule has 0 amide bonds. The molecule has 0 aromatic heterocycles. The molecule has 1 atom stereocenters. The van der Waals surface area contributed by atoms with Gasteiger partial charge in [-0.15, -0.1) is 0 Å². The van der Waals surface area contributed by atoms with Crippen molar-refractivity contribution in [1.29, 1.82) is 0 Å². The molecule has 0 radical (unpaired) electrons. The fourth-order valence-corrected chi connectivity index (χ4v) is 3.72. The molecule has 0 bridgehead atoms. The summed E-state index contributed by atoms with van der Waals surface area (Å²) >= 11 is 0. The molecule has 0 saturated heterocycles. The van der Waals surface area contributed by atoms with Crippen LogP contribution in [0, 0.1) is 5.92 Å². The zero-order valence-electron chi connectivity index (χ0n) is 14.5. The summed E-state index contributed by atoms with van der Waals surface area (Å²) in [5, 5.41) is 0. The summed E-state index contributed by atoms with van der Waals surface area (Å²) in [6, 6.07) is 0.789. The Bertz CT molecular complexity index is 246. The van der Waals surface area contributed by atoms with Crippen LogP contribution in [0.5, 0.6) is 0 Å². The molecular formula is C18H38N2. The fourth-order valence-electron chi connectivity index (χ4n) is 3.72. The largest absolute Gasteiger partial charge is 0.329 e. The van der Waals surface area contributed by atoms with Gasteiger partial charge in [-0.05, 0) is 32.1 Å². The Morgan fingerprint density at radius 1 is 1.15 bits per heavy atom. The number of hydrogen-bond acceptors (Lipinski definition) is 2. The molecule has 2 N–H and O–H groups in total. The SMILES string of the molecule is CCCCCCC(C)(CN)N(CC(C)C)C1CCCC1. The predicted molar refractivity (Wildman–Crippen MR) is 90.0 cm³/mol. The topological polar surface area (TPSA) is 29.3 Å². The molecule has 1 fully saturated rings. The van der Waals surface area contributed by atoms with Crippen LogP contribution in [-0.2, 0) is 0 Å². The monoisotopic (exact) mass is 282 g/mol. The Labute approximate surface area is 127 Å². The second-order valence-electron chi connectivity index (χ2n) is 7.50. The van der Waals surface area contributed by atoms with E-state index in [1.54, 1.807) is 0 Å². The molecule has 0 spiro atoms. The van der Waals surface area contributed by atoms with Crippen molar-refractivity contribution in [3.05, 3.63) is 0 Å². The first-order chi connectivity index (χ1) is 9.53. The maximum absolute atomic E-state index is 6.22. The molecule has 0 aromatic carbocycles. The second kappa shape index (κ2) is 9.04. The molecule has 20 heavy (non-hydrogen) atoms. The minimum atomic E-state index is 0.215. The number of nitrogens with zero attached hydrogens (tertiary/aromatic N) is 1. The smallest absolute Gasteiger partial charge is 0.0306 e. The summed E-state index contributed by atoms with van der Waals surface area (Å²) in [4.78, 5) is 2.79. The van der Waals surface area contributed by atoms with Crippen molar-refractivity contribution in [2.24, 2.45) is 11.7 Å². The van der Waals surface area contributed by atoms with E-state index in [2.05, 4.69) is 32.6 Å². The van der Waals surface area contributed by atoms with Gasteiger partial charge < -0.3 is 5.73 Å². The van der Waals surface area contributed by atoms with E-state index in [0.29, 0.717) is 0 Å². The minimum absolute atomic E-state index is 0.215. The van der Waals surface area contributed by atoms with Gasteiger partial charge in [0, 0.05) is 24.7 Å². The summed E-state index contributed by atoms with van der Waals surface area (Å²) in [5.74, 6) is 0.733. The third-order valence-electron chi connectivity index (χ3n) is 5.03. The van der Waals surface area contributed by atoms with Crippen molar-refractivity contribution in [1.82, 2.24) is 4.90 Å². The summed E-state index contributed by atoms with van der Waals surface area (Å²) < 4.78 is 0. The van der Waals surface area contributed by atoms with E-state index in [4.69, 9.17) is 5.73 Å². The van der Waals surface area contributed by atoms with E-state index in [1.807, 2.05) is 0 Å². The van der Waals surface area contributed by atoms with Crippen LogP contribution in [0.4, 0.5) is 0 Å². The maximum atomic E-state index is 6.22. The first-order valence-electron chi connectivity index (χ1n) is 9.00. The zero-order valence-corrected chi connectivity index (χ0v) is 14.5. The summed E-state index contributed by atoms with van der Waals surface area (Å²) in [7, 11) is 0. The highest BCUT2D eigenvalue weighted by molar-refractivity contribution is 4.93. The molecule has 1 aliphatic rings. The molecular weight excluding hydrogens is 244 g/mol. The van der Waals surface area contributed by atoms with Crippen LogP contribution in [0.3, 0.4) is 0 Å². The molecule has 120 valence electrons. The van der Waals surface area contributed by atoms with Gasteiger partial charge in [-0.2, -0.15) is 0 Å². The first kappa shape index (κ1) is 18.0. The molecule has 1 saturated carbocycles. The van der Waals surface area contributed by atoms with Crippen LogP contribution in [-0.4, -0.2) is 29.6 Å². The van der Waals surface area contributed by atoms with E-state index in [1.165, 1.54) is 64.3 Å². The average molecular weight is 283 g/mol. The van der Waals surface area contributed by atoms with Gasteiger partial charge in [0.05, 0.1) is 0 Å². The molecule has 1 rings (SSSR count). The van der Waals surface area contributed by atoms with E-state index < -0.39 is 0 Å². The van der Waals surface area contributed by atoms with Crippen molar-refractivity contribution < 1.29 is 0 Å². The van der Waals surface area contributed by atoms with Crippen LogP contribution >= 0.6 is 0 Å². The maximum Gasteiger partial charge on any atom is 0.0306 e. The molecule has 0 aliphatic heterocycles. The van der Waals surface area contributed by atoms with Gasteiger partial charge >= 0.3 is 0 Å². The lowest BCUT2D eigenvalue weighted by Gasteiger charge is -2.45. The Balaban J connectivity index is 2.66. The normalized spacial score (nSPS) is 19.9. The number of hydrogen-bond donors (Lipinski definition) is 1.